The summed E-state index contributed by atoms with van der Waals surface area (Å²) < 4.78 is 5.15. The first-order chi connectivity index (χ1) is 9.08. The monoisotopic (exact) mass is 282 g/mol. The molecule has 1 aliphatic heterocycles. The first-order valence-corrected chi connectivity index (χ1v) is 6.44. The van der Waals surface area contributed by atoms with Crippen molar-refractivity contribution in [3.63, 3.8) is 0 Å². The number of nitro benzene ring substituents is 1. The number of non-ortho nitro benzene ring substituents is 1. The number of carbonyl (C=O) groups is 1. The van der Waals surface area contributed by atoms with E-state index in [1.165, 1.54) is 12.1 Å². The molecule has 1 saturated heterocycles. The maximum atomic E-state index is 11.8. The molecule has 1 aromatic carbocycles. The fraction of sp³-hybridized carbons (Fsp3) is 0.417. The molecule has 1 aliphatic rings. The predicted molar refractivity (Wildman–Crippen MR) is 72.0 cm³/mol. The minimum atomic E-state index is -0.467. The lowest BCUT2D eigenvalue weighted by Gasteiger charge is -2.19. The van der Waals surface area contributed by atoms with Gasteiger partial charge in [-0.2, -0.15) is 12.6 Å². The highest BCUT2D eigenvalue weighted by Gasteiger charge is 2.26. The zero-order chi connectivity index (χ0) is 13.8. The normalized spacial score (nSPS) is 18.4. The lowest BCUT2D eigenvalue weighted by Crippen LogP contribution is -2.32. The Bertz CT molecular complexity index is 477. The lowest BCUT2D eigenvalue weighted by molar-refractivity contribution is -0.384. The van der Waals surface area contributed by atoms with Crippen LogP contribution in [0.4, 0.5) is 10.5 Å². The predicted octanol–water partition coefficient (Wildman–Crippen LogP) is 2.58. The summed E-state index contributed by atoms with van der Waals surface area (Å²) in [5.41, 5.74) is 0.735. The van der Waals surface area contributed by atoms with Gasteiger partial charge in [0.25, 0.3) is 5.69 Å². The number of nitro groups is 1. The van der Waals surface area contributed by atoms with E-state index in [0.717, 1.165) is 12.8 Å². The van der Waals surface area contributed by atoms with Gasteiger partial charge >= 0.3 is 6.09 Å². The van der Waals surface area contributed by atoms with Crippen molar-refractivity contribution in [3.8, 4) is 0 Å². The van der Waals surface area contributed by atoms with Crippen LogP contribution in [0.25, 0.3) is 0 Å². The molecule has 19 heavy (non-hydrogen) atoms. The number of likely N-dealkylation sites (tertiary alicyclic amines) is 1. The Balaban J connectivity index is 1.88. The number of amides is 1. The van der Waals surface area contributed by atoms with Crippen molar-refractivity contribution in [2.24, 2.45) is 0 Å². The number of ether oxygens (including phenoxy) is 1. The van der Waals surface area contributed by atoms with Gasteiger partial charge in [0.15, 0.2) is 0 Å². The summed E-state index contributed by atoms with van der Waals surface area (Å²) in [5.74, 6) is 0. The van der Waals surface area contributed by atoms with Gasteiger partial charge in [-0.3, -0.25) is 15.0 Å². The molecule has 0 radical (unpaired) electrons. The molecule has 2 rings (SSSR count). The quantitative estimate of drug-likeness (QED) is 0.525. The topological polar surface area (TPSA) is 72.7 Å². The SMILES string of the molecule is O=C(OCc1ccc([N+](=O)[O-])cc1)N1CCC[C@@H]1S. The number of thiol groups is 1. The van der Waals surface area contributed by atoms with Gasteiger partial charge in [-0.1, -0.05) is 0 Å². The van der Waals surface area contributed by atoms with E-state index in [4.69, 9.17) is 4.74 Å². The third-order valence-corrected chi connectivity index (χ3v) is 3.50. The second-order valence-corrected chi connectivity index (χ2v) is 4.89. The number of hydrogen-bond acceptors (Lipinski definition) is 5. The summed E-state index contributed by atoms with van der Waals surface area (Å²) in [7, 11) is 0. The van der Waals surface area contributed by atoms with E-state index in [9.17, 15) is 14.9 Å². The van der Waals surface area contributed by atoms with Crippen LogP contribution in [-0.4, -0.2) is 27.8 Å². The van der Waals surface area contributed by atoms with Gasteiger partial charge in [0.2, 0.25) is 0 Å². The minimum Gasteiger partial charge on any atom is -0.445 e. The first kappa shape index (κ1) is 13.7. The van der Waals surface area contributed by atoms with E-state index in [-0.39, 0.29) is 17.7 Å². The van der Waals surface area contributed by atoms with Gasteiger partial charge in [-0.15, -0.1) is 0 Å². The number of nitrogens with zero attached hydrogens (tertiary/aromatic N) is 2. The summed E-state index contributed by atoms with van der Waals surface area (Å²) in [4.78, 5) is 23.4. The first-order valence-electron chi connectivity index (χ1n) is 5.93. The van der Waals surface area contributed by atoms with Crippen molar-refractivity contribution >= 4 is 24.4 Å². The van der Waals surface area contributed by atoms with E-state index in [1.807, 2.05) is 0 Å². The highest BCUT2D eigenvalue weighted by Crippen LogP contribution is 2.21. The third-order valence-electron chi connectivity index (χ3n) is 2.97. The Morgan fingerprint density at radius 3 is 2.68 bits per heavy atom. The summed E-state index contributed by atoms with van der Waals surface area (Å²) in [6, 6.07) is 5.93. The van der Waals surface area contributed by atoms with Crippen LogP contribution in [0.1, 0.15) is 18.4 Å². The molecule has 0 aromatic heterocycles. The Labute approximate surface area is 115 Å². The van der Waals surface area contributed by atoms with Gasteiger partial charge in [0.1, 0.15) is 6.61 Å². The highest BCUT2D eigenvalue weighted by molar-refractivity contribution is 7.80. The van der Waals surface area contributed by atoms with Gasteiger partial charge < -0.3 is 4.74 Å². The average Bonchev–Trinajstić information content (AvgIpc) is 2.83. The molecule has 1 aromatic rings. The van der Waals surface area contributed by atoms with E-state index in [2.05, 4.69) is 12.6 Å². The van der Waals surface area contributed by atoms with Crippen molar-refractivity contribution in [1.82, 2.24) is 4.90 Å². The summed E-state index contributed by atoms with van der Waals surface area (Å²) in [6.45, 7) is 0.765. The Kier molecular flexibility index (Phi) is 4.26. The zero-order valence-corrected chi connectivity index (χ0v) is 11.1. The van der Waals surface area contributed by atoms with Crippen molar-refractivity contribution in [2.45, 2.75) is 24.8 Å². The largest absolute Gasteiger partial charge is 0.445 e. The summed E-state index contributed by atoms with van der Waals surface area (Å²) >= 11 is 4.29. The molecule has 102 valence electrons. The molecule has 0 unspecified atom stereocenters. The molecular formula is C12H14N2O4S. The fourth-order valence-electron chi connectivity index (χ4n) is 1.90. The molecule has 1 atom stereocenters. The van der Waals surface area contributed by atoms with Crippen LogP contribution in [0.2, 0.25) is 0 Å². The van der Waals surface area contributed by atoms with Crippen LogP contribution in [0.5, 0.6) is 0 Å². The lowest BCUT2D eigenvalue weighted by atomic mass is 10.2. The molecular weight excluding hydrogens is 268 g/mol. The number of benzene rings is 1. The van der Waals surface area contributed by atoms with E-state index >= 15 is 0 Å². The Morgan fingerprint density at radius 2 is 2.16 bits per heavy atom. The Hall–Kier alpha value is -1.76. The van der Waals surface area contributed by atoms with Crippen molar-refractivity contribution in [2.75, 3.05) is 6.54 Å². The number of carbonyl (C=O) groups excluding carboxylic acids is 1. The van der Waals surface area contributed by atoms with Crippen molar-refractivity contribution in [3.05, 3.63) is 39.9 Å². The van der Waals surface area contributed by atoms with E-state index in [1.54, 1.807) is 17.0 Å². The smallest absolute Gasteiger partial charge is 0.410 e. The molecule has 0 spiro atoms. The number of rotatable bonds is 3. The molecule has 0 aliphatic carbocycles. The van der Waals surface area contributed by atoms with E-state index in [0.29, 0.717) is 12.1 Å². The molecule has 7 heteroatoms. The third kappa shape index (κ3) is 3.37. The molecule has 1 fully saturated rings. The minimum absolute atomic E-state index is 0.0186. The van der Waals surface area contributed by atoms with Gasteiger partial charge in [-0.25, -0.2) is 4.79 Å². The van der Waals surface area contributed by atoms with Gasteiger partial charge in [-0.05, 0) is 30.5 Å². The van der Waals surface area contributed by atoms with Crippen LogP contribution in [0.15, 0.2) is 24.3 Å². The number of hydrogen-bond donors (Lipinski definition) is 1. The fourth-order valence-corrected chi connectivity index (χ4v) is 2.30. The van der Waals surface area contributed by atoms with Crippen LogP contribution < -0.4 is 0 Å². The highest BCUT2D eigenvalue weighted by atomic mass is 32.1. The molecule has 0 N–H and O–H groups in total. The van der Waals surface area contributed by atoms with E-state index < -0.39 is 11.0 Å². The molecule has 0 bridgehead atoms. The maximum Gasteiger partial charge on any atom is 0.410 e. The van der Waals surface area contributed by atoms with Crippen LogP contribution in [-0.2, 0) is 11.3 Å². The maximum absolute atomic E-state index is 11.8. The van der Waals surface area contributed by atoms with Crippen molar-refractivity contribution in [1.29, 1.82) is 0 Å². The summed E-state index contributed by atoms with van der Waals surface area (Å²) in [5, 5.41) is 10.4. The standard InChI is InChI=1S/C12H14N2O4S/c15-12(13-7-1-2-11(13)19)18-8-9-3-5-10(6-4-9)14(16)17/h3-6,11,19H,1-2,7-8H2/t11-/m0/s1. The van der Waals surface area contributed by atoms with Gasteiger partial charge in [0.05, 0.1) is 10.3 Å². The average molecular weight is 282 g/mol. The van der Waals surface area contributed by atoms with Gasteiger partial charge in [0, 0.05) is 18.7 Å². The van der Waals surface area contributed by atoms with Crippen LogP contribution in [0, 0.1) is 10.1 Å². The second kappa shape index (κ2) is 5.92. The molecule has 1 heterocycles. The summed E-state index contributed by atoms with van der Waals surface area (Å²) in [6.07, 6.45) is 1.41. The Morgan fingerprint density at radius 1 is 1.47 bits per heavy atom. The molecule has 6 nitrogen and oxygen atoms in total. The van der Waals surface area contributed by atoms with Crippen LogP contribution in [0.3, 0.4) is 0 Å². The second-order valence-electron chi connectivity index (χ2n) is 4.29. The molecule has 1 amide bonds. The van der Waals surface area contributed by atoms with Crippen LogP contribution >= 0.6 is 12.6 Å². The van der Waals surface area contributed by atoms with Crippen molar-refractivity contribution < 1.29 is 14.5 Å². The molecule has 0 saturated carbocycles. The zero-order valence-electron chi connectivity index (χ0n) is 10.2.